The summed E-state index contributed by atoms with van der Waals surface area (Å²) in [7, 11) is 3.11. The number of hydrogen-bond donors (Lipinski definition) is 1. The molecule has 3 aromatic carbocycles. The first-order valence-electron chi connectivity index (χ1n) is 12.9. The van der Waals surface area contributed by atoms with Gasteiger partial charge in [-0.3, -0.25) is 14.2 Å². The number of nitrogens with one attached hydrogen (secondary N) is 1. The average molecular weight is 590 g/mol. The van der Waals surface area contributed by atoms with Crippen LogP contribution in [0.25, 0.3) is 6.08 Å². The summed E-state index contributed by atoms with van der Waals surface area (Å²) in [5.74, 6) is 1.24. The van der Waals surface area contributed by atoms with Crippen LogP contribution in [0.2, 0.25) is 5.02 Å². The summed E-state index contributed by atoms with van der Waals surface area (Å²) in [5.41, 5.74) is 2.69. The van der Waals surface area contributed by atoms with E-state index in [9.17, 15) is 9.59 Å². The van der Waals surface area contributed by atoms with Crippen molar-refractivity contribution < 1.29 is 19.0 Å². The molecule has 8 nitrogen and oxygen atoms in total. The number of aromatic nitrogens is 1. The van der Waals surface area contributed by atoms with Crippen LogP contribution < -0.4 is 34.4 Å². The minimum absolute atomic E-state index is 0.281. The number of carbonyl (C=O) groups is 1. The minimum atomic E-state index is -0.707. The number of thiazole rings is 1. The molecule has 1 aliphatic heterocycles. The third-order valence-electron chi connectivity index (χ3n) is 6.56. The van der Waals surface area contributed by atoms with Gasteiger partial charge in [0.15, 0.2) is 16.3 Å². The maximum absolute atomic E-state index is 14.0. The molecule has 1 atom stereocenters. The summed E-state index contributed by atoms with van der Waals surface area (Å²) >= 11 is 7.70. The Labute approximate surface area is 245 Å². The van der Waals surface area contributed by atoms with Gasteiger partial charge < -0.3 is 19.5 Å². The Hall–Kier alpha value is -4.34. The van der Waals surface area contributed by atoms with Gasteiger partial charge in [0.05, 0.1) is 47.7 Å². The summed E-state index contributed by atoms with van der Waals surface area (Å²) in [6, 6.07) is 19.3. The third kappa shape index (κ3) is 5.64. The van der Waals surface area contributed by atoms with Gasteiger partial charge in [-0.05, 0) is 67.4 Å². The summed E-state index contributed by atoms with van der Waals surface area (Å²) in [5, 5.41) is 3.32. The molecule has 4 aromatic rings. The lowest BCUT2D eigenvalue weighted by Crippen LogP contribution is -2.40. The standard InChI is InChI=1S/C31H28ClN3O5S/c1-5-40-24-16-19(15-23(32)28(24)39-4)17-25-30(37)35-27(20-11-13-22(38-3)14-12-20)26(18(2)33-31(35)41-25)29(36)34-21-9-7-6-8-10-21/h6-17,27H,5H2,1-4H3,(H,34,36)/b25-17+/t27-/m0/s1. The van der Waals surface area contributed by atoms with E-state index < -0.39 is 6.04 Å². The smallest absolute Gasteiger partial charge is 0.271 e. The van der Waals surface area contributed by atoms with Crippen molar-refractivity contribution in [2.75, 3.05) is 26.1 Å². The predicted octanol–water partition coefficient (Wildman–Crippen LogP) is 4.94. The Kier molecular flexibility index (Phi) is 8.28. The van der Waals surface area contributed by atoms with Gasteiger partial charge in [-0.15, -0.1) is 0 Å². The first-order valence-corrected chi connectivity index (χ1v) is 14.1. The van der Waals surface area contributed by atoms with E-state index in [4.69, 9.17) is 30.8 Å². The van der Waals surface area contributed by atoms with E-state index in [1.807, 2.05) is 61.5 Å². The molecule has 0 aliphatic carbocycles. The van der Waals surface area contributed by atoms with Gasteiger partial charge in [0.2, 0.25) is 0 Å². The van der Waals surface area contributed by atoms with Crippen LogP contribution in [0.5, 0.6) is 17.2 Å². The molecule has 0 saturated heterocycles. The molecule has 1 aliphatic rings. The average Bonchev–Trinajstić information content (AvgIpc) is 3.26. The van der Waals surface area contributed by atoms with Crippen molar-refractivity contribution in [2.24, 2.45) is 4.99 Å². The normalized spacial score (nSPS) is 14.8. The van der Waals surface area contributed by atoms with E-state index in [2.05, 4.69) is 5.32 Å². The van der Waals surface area contributed by atoms with E-state index >= 15 is 0 Å². The van der Waals surface area contributed by atoms with E-state index in [-0.39, 0.29) is 11.5 Å². The van der Waals surface area contributed by atoms with Crippen molar-refractivity contribution in [3.05, 3.63) is 114 Å². The number of anilines is 1. The van der Waals surface area contributed by atoms with Crippen LogP contribution in [-0.4, -0.2) is 31.3 Å². The van der Waals surface area contributed by atoms with Crippen molar-refractivity contribution in [3.63, 3.8) is 0 Å². The van der Waals surface area contributed by atoms with Crippen LogP contribution in [0.1, 0.15) is 31.0 Å². The second-order valence-corrected chi connectivity index (χ2v) is 10.6. The van der Waals surface area contributed by atoms with Crippen molar-refractivity contribution in [1.82, 2.24) is 4.57 Å². The lowest BCUT2D eigenvalue weighted by molar-refractivity contribution is -0.113. The van der Waals surface area contributed by atoms with Gasteiger partial charge in [0, 0.05) is 5.69 Å². The maximum atomic E-state index is 14.0. The molecule has 0 unspecified atom stereocenters. The number of allylic oxidation sites excluding steroid dienone is 1. The fourth-order valence-corrected chi connectivity index (χ4v) is 6.06. The summed E-state index contributed by atoms with van der Waals surface area (Å²) in [4.78, 5) is 32.9. The molecule has 0 bridgehead atoms. The fourth-order valence-electron chi connectivity index (χ4n) is 4.72. The lowest BCUT2D eigenvalue weighted by Gasteiger charge is -2.25. The van der Waals surface area contributed by atoms with Crippen LogP contribution >= 0.6 is 22.9 Å². The number of benzene rings is 3. The highest BCUT2D eigenvalue weighted by Crippen LogP contribution is 2.36. The molecular weight excluding hydrogens is 562 g/mol. The quantitative estimate of drug-likeness (QED) is 0.314. The van der Waals surface area contributed by atoms with Crippen molar-refractivity contribution in [3.8, 4) is 17.2 Å². The van der Waals surface area contributed by atoms with Gasteiger partial charge in [-0.1, -0.05) is 53.3 Å². The number of rotatable bonds is 8. The Bertz CT molecular complexity index is 1810. The number of halogens is 1. The number of methoxy groups -OCH3 is 2. The predicted molar refractivity (Wildman–Crippen MR) is 161 cm³/mol. The van der Waals surface area contributed by atoms with E-state index in [1.54, 1.807) is 36.8 Å². The van der Waals surface area contributed by atoms with Gasteiger partial charge in [0.25, 0.3) is 11.5 Å². The highest BCUT2D eigenvalue weighted by molar-refractivity contribution is 7.07. The fraction of sp³-hybridized carbons (Fsp3) is 0.194. The zero-order valence-electron chi connectivity index (χ0n) is 22.9. The third-order valence-corrected chi connectivity index (χ3v) is 7.83. The lowest BCUT2D eigenvalue weighted by atomic mass is 9.95. The number of nitrogens with zero attached hydrogens (tertiary/aromatic N) is 2. The largest absolute Gasteiger partial charge is 0.497 e. The molecule has 0 spiro atoms. The van der Waals surface area contributed by atoms with E-state index in [0.717, 1.165) is 5.56 Å². The van der Waals surface area contributed by atoms with E-state index in [0.29, 0.717) is 60.7 Å². The number of hydrogen-bond acceptors (Lipinski definition) is 7. The Morgan fingerprint density at radius 3 is 2.49 bits per heavy atom. The van der Waals surface area contributed by atoms with Gasteiger partial charge in [0.1, 0.15) is 5.75 Å². The highest BCUT2D eigenvalue weighted by atomic mass is 35.5. The summed E-state index contributed by atoms with van der Waals surface area (Å²) in [6.07, 6.45) is 1.74. The molecule has 2 heterocycles. The Morgan fingerprint density at radius 2 is 1.83 bits per heavy atom. The van der Waals surface area contributed by atoms with Crippen LogP contribution in [0.3, 0.4) is 0 Å². The molecule has 10 heteroatoms. The molecule has 41 heavy (non-hydrogen) atoms. The molecule has 1 aromatic heterocycles. The Morgan fingerprint density at radius 1 is 1.10 bits per heavy atom. The van der Waals surface area contributed by atoms with Crippen molar-refractivity contribution >= 4 is 40.6 Å². The number of para-hydroxylation sites is 1. The van der Waals surface area contributed by atoms with Crippen molar-refractivity contribution in [1.29, 1.82) is 0 Å². The van der Waals surface area contributed by atoms with E-state index in [1.165, 1.54) is 18.4 Å². The summed E-state index contributed by atoms with van der Waals surface area (Å²) < 4.78 is 18.4. The second-order valence-electron chi connectivity index (χ2n) is 9.14. The number of fused-ring (bicyclic) bond motifs is 1. The molecule has 1 N–H and O–H groups in total. The SMILES string of the molecule is CCOc1cc(/C=c2/sc3n(c2=O)[C@@H](c2ccc(OC)cc2)C(C(=O)Nc2ccccc2)=C(C)N=3)cc(Cl)c1OC. The molecule has 0 radical (unpaired) electrons. The topological polar surface area (TPSA) is 91.2 Å². The number of amides is 1. The first kappa shape index (κ1) is 28.2. The molecule has 0 fully saturated rings. The van der Waals surface area contributed by atoms with Gasteiger partial charge in [-0.2, -0.15) is 0 Å². The van der Waals surface area contributed by atoms with Crippen LogP contribution in [-0.2, 0) is 4.79 Å². The number of ether oxygens (including phenoxy) is 3. The minimum Gasteiger partial charge on any atom is -0.497 e. The number of carbonyl (C=O) groups excluding carboxylic acids is 1. The maximum Gasteiger partial charge on any atom is 0.271 e. The second kappa shape index (κ2) is 12.0. The van der Waals surface area contributed by atoms with Gasteiger partial charge >= 0.3 is 0 Å². The zero-order valence-corrected chi connectivity index (χ0v) is 24.5. The molecule has 1 amide bonds. The van der Waals surface area contributed by atoms with Crippen LogP contribution in [0.15, 0.2) is 87.8 Å². The van der Waals surface area contributed by atoms with Crippen LogP contribution in [0.4, 0.5) is 5.69 Å². The van der Waals surface area contributed by atoms with Gasteiger partial charge in [-0.25, -0.2) is 4.99 Å². The van der Waals surface area contributed by atoms with Crippen LogP contribution in [0, 0.1) is 0 Å². The summed E-state index contributed by atoms with van der Waals surface area (Å²) in [6.45, 7) is 4.07. The molecule has 0 saturated carbocycles. The Balaban J connectivity index is 1.66. The monoisotopic (exact) mass is 589 g/mol. The molecular formula is C31H28ClN3O5S. The highest BCUT2D eigenvalue weighted by Gasteiger charge is 2.32. The molecule has 5 rings (SSSR count). The molecule has 210 valence electrons. The van der Waals surface area contributed by atoms with Crippen molar-refractivity contribution in [2.45, 2.75) is 19.9 Å². The zero-order chi connectivity index (χ0) is 29.1. The first-order chi connectivity index (χ1) is 19.8.